The molecule has 0 aliphatic carbocycles. The van der Waals surface area contributed by atoms with Gasteiger partial charge in [-0.2, -0.15) is 4.99 Å². The molecule has 2 rings (SSSR count). The van der Waals surface area contributed by atoms with Crippen molar-refractivity contribution in [3.8, 4) is 0 Å². The number of aliphatic imine (C=N–C) groups is 2. The van der Waals surface area contributed by atoms with Crippen LogP contribution in [0.2, 0.25) is 0 Å². The quantitative estimate of drug-likeness (QED) is 0.387. The van der Waals surface area contributed by atoms with Crippen LogP contribution in [0.15, 0.2) is 45.6 Å². The maximum atomic E-state index is 12.5. The zero-order valence-electron chi connectivity index (χ0n) is 14.5. The Bertz CT molecular complexity index is 813. The van der Waals surface area contributed by atoms with E-state index < -0.39 is 17.5 Å². The normalized spacial score (nSPS) is 16.2. The fourth-order valence-corrected chi connectivity index (χ4v) is 2.34. The molecule has 0 atom stereocenters. The topological polar surface area (TPSA) is 88.3 Å². The van der Waals surface area contributed by atoms with Crippen LogP contribution in [0.5, 0.6) is 0 Å². The molecule has 1 aromatic rings. The van der Waals surface area contributed by atoms with E-state index in [1.54, 1.807) is 45.0 Å². The number of hydrogen-bond acceptors (Lipinski definition) is 4. The molecule has 0 saturated carbocycles. The lowest BCUT2D eigenvalue weighted by atomic mass is 9.99. The van der Waals surface area contributed by atoms with Gasteiger partial charge in [0.1, 0.15) is 22.8 Å². The van der Waals surface area contributed by atoms with Crippen molar-refractivity contribution in [3.63, 3.8) is 0 Å². The van der Waals surface area contributed by atoms with Gasteiger partial charge in [0, 0.05) is 11.1 Å². The summed E-state index contributed by atoms with van der Waals surface area (Å²) in [6, 6.07) is 6.99. The molecule has 6 nitrogen and oxygen atoms in total. The monoisotopic (exact) mass is 362 g/mol. The van der Waals surface area contributed by atoms with Crippen molar-refractivity contribution in [2.75, 3.05) is 5.88 Å². The van der Waals surface area contributed by atoms with Crippen molar-refractivity contribution in [1.29, 1.82) is 0 Å². The zero-order chi connectivity index (χ0) is 18.8. The van der Waals surface area contributed by atoms with E-state index in [4.69, 9.17) is 16.3 Å². The van der Waals surface area contributed by atoms with Crippen LogP contribution in [-0.2, 0) is 14.3 Å². The SMILES string of the molecule is C/C(O)=C(\C(=O)OC(C)(C)C)C1=NC(=NC(=O)CCl)c2ccccc21. The van der Waals surface area contributed by atoms with E-state index in [-0.39, 0.29) is 28.8 Å². The first-order chi connectivity index (χ1) is 11.6. The molecule has 0 radical (unpaired) electrons. The number of rotatable bonds is 3. The number of esters is 1. The maximum absolute atomic E-state index is 12.5. The van der Waals surface area contributed by atoms with E-state index in [9.17, 15) is 14.7 Å². The van der Waals surface area contributed by atoms with Crippen LogP contribution in [0.25, 0.3) is 0 Å². The second-order valence-corrected chi connectivity index (χ2v) is 6.70. The van der Waals surface area contributed by atoms with Crippen molar-refractivity contribution >= 4 is 35.0 Å². The molecule has 1 heterocycles. The number of alkyl halides is 1. The van der Waals surface area contributed by atoms with Gasteiger partial charge >= 0.3 is 5.97 Å². The van der Waals surface area contributed by atoms with E-state index in [2.05, 4.69) is 9.98 Å². The summed E-state index contributed by atoms with van der Waals surface area (Å²) in [5.41, 5.74) is 0.579. The Labute approximate surface area is 150 Å². The Kier molecular flexibility index (Phi) is 5.42. The Morgan fingerprint density at radius 3 is 2.36 bits per heavy atom. The summed E-state index contributed by atoms with van der Waals surface area (Å²) in [6.07, 6.45) is 0. The van der Waals surface area contributed by atoms with Gasteiger partial charge in [-0.1, -0.05) is 24.3 Å². The number of halogens is 1. The van der Waals surface area contributed by atoms with Gasteiger partial charge in [-0.3, -0.25) is 4.79 Å². The van der Waals surface area contributed by atoms with Crippen molar-refractivity contribution in [3.05, 3.63) is 46.7 Å². The number of carbonyl (C=O) groups excluding carboxylic acids is 2. The van der Waals surface area contributed by atoms with E-state index in [1.165, 1.54) is 6.92 Å². The minimum atomic E-state index is -0.734. The number of nitrogens with zero attached hydrogens (tertiary/aromatic N) is 2. The Hall–Kier alpha value is -2.47. The van der Waals surface area contributed by atoms with Crippen LogP contribution >= 0.6 is 11.6 Å². The number of carbonyl (C=O) groups is 2. The highest BCUT2D eigenvalue weighted by molar-refractivity contribution is 6.37. The predicted molar refractivity (Wildman–Crippen MR) is 96.4 cm³/mol. The standard InChI is InChI=1S/C18H19ClN2O4/c1-10(22)14(17(24)25-18(2,3)4)15-11-7-5-6-8-12(11)16(21-15)20-13(23)9-19/h5-8,22H,9H2,1-4H3/b14-10+,20-16?. The molecule has 0 bridgehead atoms. The first kappa shape index (κ1) is 18.9. The molecule has 1 aliphatic rings. The minimum Gasteiger partial charge on any atom is -0.512 e. The van der Waals surface area contributed by atoms with Gasteiger partial charge in [0.25, 0.3) is 5.91 Å². The Morgan fingerprint density at radius 2 is 1.84 bits per heavy atom. The van der Waals surface area contributed by atoms with Crippen LogP contribution in [0.1, 0.15) is 38.8 Å². The van der Waals surface area contributed by atoms with Gasteiger partial charge < -0.3 is 9.84 Å². The maximum Gasteiger partial charge on any atom is 0.344 e. The van der Waals surface area contributed by atoms with E-state index in [0.29, 0.717) is 11.1 Å². The largest absolute Gasteiger partial charge is 0.512 e. The van der Waals surface area contributed by atoms with Gasteiger partial charge in [0.2, 0.25) is 0 Å². The lowest BCUT2D eigenvalue weighted by molar-refractivity contribution is -0.149. The molecule has 1 aromatic carbocycles. The van der Waals surface area contributed by atoms with Crippen molar-refractivity contribution in [1.82, 2.24) is 0 Å². The van der Waals surface area contributed by atoms with Crippen LogP contribution in [-0.4, -0.2) is 40.0 Å². The van der Waals surface area contributed by atoms with Crippen molar-refractivity contribution in [2.24, 2.45) is 9.98 Å². The highest BCUT2D eigenvalue weighted by Gasteiger charge is 2.32. The number of aliphatic hydroxyl groups is 1. The second kappa shape index (κ2) is 7.19. The summed E-state index contributed by atoms with van der Waals surface area (Å²) in [5.74, 6) is -1.60. The Morgan fingerprint density at radius 1 is 1.24 bits per heavy atom. The Balaban J connectivity index is 2.57. The van der Waals surface area contributed by atoms with Crippen LogP contribution < -0.4 is 0 Å². The number of fused-ring (bicyclic) bond motifs is 1. The highest BCUT2D eigenvalue weighted by atomic mass is 35.5. The molecule has 0 spiro atoms. The zero-order valence-corrected chi connectivity index (χ0v) is 15.2. The third-order valence-electron chi connectivity index (χ3n) is 3.19. The van der Waals surface area contributed by atoms with Crippen molar-refractivity contribution < 1.29 is 19.4 Å². The average Bonchev–Trinajstić information content (AvgIpc) is 2.84. The molecular formula is C18H19ClN2O4. The average molecular weight is 363 g/mol. The van der Waals surface area contributed by atoms with E-state index in [1.807, 2.05) is 0 Å². The van der Waals surface area contributed by atoms with Gasteiger partial charge in [-0.15, -0.1) is 11.6 Å². The third-order valence-corrected chi connectivity index (χ3v) is 3.42. The van der Waals surface area contributed by atoms with Gasteiger partial charge in [-0.05, 0) is 27.7 Å². The molecule has 25 heavy (non-hydrogen) atoms. The number of amidine groups is 1. The molecule has 0 saturated heterocycles. The summed E-state index contributed by atoms with van der Waals surface area (Å²) in [7, 11) is 0. The number of amides is 1. The predicted octanol–water partition coefficient (Wildman–Crippen LogP) is 3.18. The number of hydrogen-bond donors (Lipinski definition) is 1. The minimum absolute atomic E-state index is 0.0640. The number of benzene rings is 1. The molecule has 1 amide bonds. The van der Waals surface area contributed by atoms with Crippen molar-refractivity contribution in [2.45, 2.75) is 33.3 Å². The number of allylic oxidation sites excluding steroid dienone is 1. The smallest absolute Gasteiger partial charge is 0.344 e. The summed E-state index contributed by atoms with van der Waals surface area (Å²) in [4.78, 5) is 32.2. The third kappa shape index (κ3) is 4.33. The van der Waals surface area contributed by atoms with Gasteiger partial charge in [-0.25, -0.2) is 9.79 Å². The summed E-state index contributed by atoms with van der Waals surface area (Å²) in [5, 5.41) is 10.0. The molecule has 1 aliphatic heterocycles. The molecule has 0 aromatic heterocycles. The summed E-state index contributed by atoms with van der Waals surface area (Å²) < 4.78 is 5.36. The van der Waals surface area contributed by atoms with Gasteiger partial charge in [0.05, 0.1) is 5.71 Å². The van der Waals surface area contributed by atoms with E-state index in [0.717, 1.165) is 0 Å². The molecule has 0 unspecified atom stereocenters. The van der Waals surface area contributed by atoms with Crippen LogP contribution in [0.3, 0.4) is 0 Å². The summed E-state index contributed by atoms with van der Waals surface area (Å²) >= 11 is 5.50. The van der Waals surface area contributed by atoms with Gasteiger partial charge in [0.15, 0.2) is 5.84 Å². The fourth-order valence-electron chi connectivity index (χ4n) is 2.28. The van der Waals surface area contributed by atoms with Crippen LogP contribution in [0, 0.1) is 0 Å². The molecule has 7 heteroatoms. The first-order valence-corrected chi connectivity index (χ1v) is 8.17. The van der Waals surface area contributed by atoms with E-state index >= 15 is 0 Å². The lowest BCUT2D eigenvalue weighted by Gasteiger charge is -2.21. The fraction of sp³-hybridized carbons (Fsp3) is 0.333. The van der Waals surface area contributed by atoms with Crippen LogP contribution in [0.4, 0.5) is 0 Å². The first-order valence-electron chi connectivity index (χ1n) is 7.63. The molecule has 132 valence electrons. The number of ether oxygens (including phenoxy) is 1. The molecule has 0 fully saturated rings. The molecule has 1 N–H and O–H groups in total. The molecular weight excluding hydrogens is 344 g/mol. The second-order valence-electron chi connectivity index (χ2n) is 6.43. The highest BCUT2D eigenvalue weighted by Crippen LogP contribution is 2.26. The number of aliphatic hydroxyl groups excluding tert-OH is 1. The lowest BCUT2D eigenvalue weighted by Crippen LogP contribution is -2.28. The summed E-state index contributed by atoms with van der Waals surface area (Å²) in [6.45, 7) is 6.56.